The highest BCUT2D eigenvalue weighted by atomic mass is 16.1. The molecule has 4 aromatic rings. The van der Waals surface area contributed by atoms with Gasteiger partial charge in [-0.25, -0.2) is 4.68 Å². The fourth-order valence-electron chi connectivity index (χ4n) is 3.00. The lowest BCUT2D eigenvalue weighted by atomic mass is 10.1. The van der Waals surface area contributed by atoms with Crippen LogP contribution in [0, 0.1) is 6.92 Å². The van der Waals surface area contributed by atoms with E-state index in [1.54, 1.807) is 4.68 Å². The second-order valence-corrected chi connectivity index (χ2v) is 5.72. The first-order valence-electron chi connectivity index (χ1n) is 7.74. The Hall–Kier alpha value is -3.27. The third kappa shape index (κ3) is 2.29. The Balaban J connectivity index is 2.03. The molecule has 1 heterocycles. The van der Waals surface area contributed by atoms with E-state index < -0.39 is 0 Å². The minimum absolute atomic E-state index is 0.341. The molecule has 0 spiro atoms. The van der Waals surface area contributed by atoms with Crippen LogP contribution >= 0.6 is 0 Å². The summed E-state index contributed by atoms with van der Waals surface area (Å²) in [5.41, 5.74) is 4.01. The molecule has 4 nitrogen and oxygen atoms in total. The summed E-state index contributed by atoms with van der Waals surface area (Å²) in [5.74, 6) is 0. The van der Waals surface area contributed by atoms with E-state index >= 15 is 0 Å². The van der Waals surface area contributed by atoms with Crippen LogP contribution < -0.4 is 0 Å². The minimum atomic E-state index is 0.341. The normalized spacial score (nSPS) is 10.9. The van der Waals surface area contributed by atoms with Crippen molar-refractivity contribution in [2.75, 3.05) is 0 Å². The zero-order chi connectivity index (χ0) is 16.5. The summed E-state index contributed by atoms with van der Waals surface area (Å²) in [6, 6.07) is 22.1. The number of hydrogen-bond acceptors (Lipinski definition) is 3. The van der Waals surface area contributed by atoms with Crippen LogP contribution in [0.1, 0.15) is 16.1 Å². The maximum Gasteiger partial charge on any atom is 0.172 e. The zero-order valence-corrected chi connectivity index (χ0v) is 13.2. The summed E-state index contributed by atoms with van der Waals surface area (Å²) in [6.07, 6.45) is 0.756. The number of rotatable bonds is 3. The van der Waals surface area contributed by atoms with Crippen molar-refractivity contribution >= 4 is 17.1 Å². The smallest absolute Gasteiger partial charge is 0.172 e. The summed E-state index contributed by atoms with van der Waals surface area (Å²) in [5, 5.41) is 10.5. The molecule has 0 aliphatic rings. The van der Waals surface area contributed by atoms with E-state index in [1.807, 2.05) is 61.5 Å². The van der Waals surface area contributed by atoms with Gasteiger partial charge in [0.25, 0.3) is 0 Å². The minimum Gasteiger partial charge on any atom is -0.296 e. The van der Waals surface area contributed by atoms with Crippen LogP contribution in [0.5, 0.6) is 0 Å². The number of carbonyl (C=O) groups is 1. The van der Waals surface area contributed by atoms with Gasteiger partial charge in [-0.05, 0) is 24.4 Å². The van der Waals surface area contributed by atoms with Gasteiger partial charge in [0.2, 0.25) is 0 Å². The molecular weight excluding hydrogens is 298 g/mol. The Morgan fingerprint density at radius 2 is 1.75 bits per heavy atom. The van der Waals surface area contributed by atoms with Gasteiger partial charge >= 0.3 is 0 Å². The van der Waals surface area contributed by atoms with E-state index in [0.29, 0.717) is 11.4 Å². The first-order chi connectivity index (χ1) is 11.8. The first-order valence-corrected chi connectivity index (χ1v) is 7.74. The molecule has 3 aromatic carbocycles. The standard InChI is InChI=1S/C20H15N3O/c1-14-6-4-9-16(12-14)20-18(13-24)21-22-23(20)19-11-5-8-15-7-2-3-10-17(15)19/h2-13H,1H3. The van der Waals surface area contributed by atoms with Crippen molar-refractivity contribution in [3.05, 3.63) is 78.0 Å². The van der Waals surface area contributed by atoms with E-state index in [4.69, 9.17) is 0 Å². The van der Waals surface area contributed by atoms with Crippen LogP contribution in [-0.2, 0) is 0 Å². The van der Waals surface area contributed by atoms with Crippen LogP contribution in [0.25, 0.3) is 27.7 Å². The highest BCUT2D eigenvalue weighted by molar-refractivity contribution is 5.92. The molecule has 0 saturated heterocycles. The van der Waals surface area contributed by atoms with Gasteiger partial charge < -0.3 is 0 Å². The Kier molecular flexibility index (Phi) is 3.43. The number of benzene rings is 3. The zero-order valence-electron chi connectivity index (χ0n) is 13.2. The van der Waals surface area contributed by atoms with Gasteiger partial charge in [-0.1, -0.05) is 65.4 Å². The van der Waals surface area contributed by atoms with Gasteiger partial charge in [0.15, 0.2) is 12.0 Å². The Morgan fingerprint density at radius 1 is 0.958 bits per heavy atom. The van der Waals surface area contributed by atoms with Crippen molar-refractivity contribution in [3.63, 3.8) is 0 Å². The average Bonchev–Trinajstić information content (AvgIpc) is 3.05. The lowest BCUT2D eigenvalue weighted by Crippen LogP contribution is -2.01. The maximum absolute atomic E-state index is 11.5. The van der Waals surface area contributed by atoms with Crippen molar-refractivity contribution in [3.8, 4) is 16.9 Å². The number of nitrogens with zero attached hydrogens (tertiary/aromatic N) is 3. The van der Waals surface area contributed by atoms with Crippen LogP contribution in [0.15, 0.2) is 66.7 Å². The molecule has 0 aliphatic heterocycles. The molecule has 0 N–H and O–H groups in total. The Labute approximate surface area is 139 Å². The number of hydrogen-bond donors (Lipinski definition) is 0. The molecular formula is C20H15N3O. The summed E-state index contributed by atoms with van der Waals surface area (Å²) in [4.78, 5) is 11.5. The van der Waals surface area contributed by atoms with Crippen molar-refractivity contribution in [1.29, 1.82) is 0 Å². The molecule has 0 bridgehead atoms. The number of fused-ring (bicyclic) bond motifs is 1. The van der Waals surface area contributed by atoms with Crippen molar-refractivity contribution in [2.45, 2.75) is 6.92 Å². The lowest BCUT2D eigenvalue weighted by molar-refractivity contribution is 0.111. The maximum atomic E-state index is 11.5. The predicted octanol–water partition coefficient (Wildman–Crippen LogP) is 4.21. The molecule has 0 aliphatic carbocycles. The van der Waals surface area contributed by atoms with E-state index in [-0.39, 0.29) is 0 Å². The van der Waals surface area contributed by atoms with Crippen molar-refractivity contribution in [2.24, 2.45) is 0 Å². The second kappa shape index (κ2) is 5.74. The molecule has 4 rings (SSSR count). The number of aryl methyl sites for hydroxylation is 1. The SMILES string of the molecule is Cc1cccc(-c2c(C=O)nnn2-c2cccc3ccccc23)c1. The topological polar surface area (TPSA) is 47.8 Å². The molecule has 0 atom stereocenters. The molecule has 0 radical (unpaired) electrons. The van der Waals surface area contributed by atoms with Crippen molar-refractivity contribution < 1.29 is 4.79 Å². The number of aromatic nitrogens is 3. The summed E-state index contributed by atoms with van der Waals surface area (Å²) < 4.78 is 1.75. The van der Waals surface area contributed by atoms with Gasteiger partial charge in [0.05, 0.1) is 5.69 Å². The van der Waals surface area contributed by atoms with Crippen LogP contribution in [0.3, 0.4) is 0 Å². The summed E-state index contributed by atoms with van der Waals surface area (Å²) in [6.45, 7) is 2.02. The second-order valence-electron chi connectivity index (χ2n) is 5.72. The fourth-order valence-corrected chi connectivity index (χ4v) is 3.00. The molecule has 0 fully saturated rings. The molecule has 116 valence electrons. The first kappa shape index (κ1) is 14.3. The quantitative estimate of drug-likeness (QED) is 0.532. The highest BCUT2D eigenvalue weighted by Gasteiger charge is 2.17. The van der Waals surface area contributed by atoms with E-state index in [9.17, 15) is 4.79 Å². The van der Waals surface area contributed by atoms with E-state index in [0.717, 1.165) is 33.9 Å². The Morgan fingerprint density at radius 3 is 2.58 bits per heavy atom. The highest BCUT2D eigenvalue weighted by Crippen LogP contribution is 2.29. The molecule has 0 unspecified atom stereocenters. The predicted molar refractivity (Wildman–Crippen MR) is 94.4 cm³/mol. The fraction of sp³-hybridized carbons (Fsp3) is 0.0500. The largest absolute Gasteiger partial charge is 0.296 e. The van der Waals surface area contributed by atoms with Crippen LogP contribution in [-0.4, -0.2) is 21.3 Å². The molecule has 0 amide bonds. The van der Waals surface area contributed by atoms with Gasteiger partial charge in [-0.15, -0.1) is 5.10 Å². The Bertz CT molecular complexity index is 1040. The van der Waals surface area contributed by atoms with Crippen LogP contribution in [0.4, 0.5) is 0 Å². The molecule has 4 heteroatoms. The summed E-state index contributed by atoms with van der Waals surface area (Å²) >= 11 is 0. The van der Waals surface area contributed by atoms with Crippen molar-refractivity contribution in [1.82, 2.24) is 15.0 Å². The van der Waals surface area contributed by atoms with Gasteiger partial charge in [-0.2, -0.15) is 0 Å². The molecule has 0 saturated carbocycles. The monoisotopic (exact) mass is 313 g/mol. The molecule has 1 aromatic heterocycles. The number of carbonyl (C=O) groups excluding carboxylic acids is 1. The third-order valence-corrected chi connectivity index (χ3v) is 4.09. The molecule has 24 heavy (non-hydrogen) atoms. The summed E-state index contributed by atoms with van der Waals surface area (Å²) in [7, 11) is 0. The van der Waals surface area contributed by atoms with E-state index in [1.165, 1.54) is 0 Å². The lowest BCUT2D eigenvalue weighted by Gasteiger charge is -2.10. The van der Waals surface area contributed by atoms with Gasteiger partial charge in [0.1, 0.15) is 5.69 Å². The third-order valence-electron chi connectivity index (χ3n) is 4.09. The number of aldehydes is 1. The van der Waals surface area contributed by atoms with Gasteiger partial charge in [0, 0.05) is 10.9 Å². The van der Waals surface area contributed by atoms with E-state index in [2.05, 4.69) is 22.4 Å². The average molecular weight is 313 g/mol. The van der Waals surface area contributed by atoms with Crippen LogP contribution in [0.2, 0.25) is 0 Å². The van der Waals surface area contributed by atoms with Gasteiger partial charge in [-0.3, -0.25) is 4.79 Å².